The van der Waals surface area contributed by atoms with Gasteiger partial charge in [-0.2, -0.15) is 0 Å². The molecule has 2 heterocycles. The van der Waals surface area contributed by atoms with Gasteiger partial charge < -0.3 is 30.3 Å². The minimum Gasteiger partial charge on any atom is -0.650 e. The maximum absolute atomic E-state index is 13.4. The van der Waals surface area contributed by atoms with Gasteiger partial charge in [-0.05, 0) is 58.4 Å². The predicted molar refractivity (Wildman–Crippen MR) is 137 cm³/mol. The van der Waals surface area contributed by atoms with Crippen LogP contribution in [-0.4, -0.2) is 39.5 Å². The van der Waals surface area contributed by atoms with Crippen molar-refractivity contribution in [1.82, 2.24) is 0 Å². The molecule has 188 valence electrons. The Kier molecular flexibility index (Phi) is 8.71. The summed E-state index contributed by atoms with van der Waals surface area (Å²) in [5.74, 6) is -0.290. The Morgan fingerprint density at radius 1 is 1.17 bits per heavy atom. The number of allylic oxidation sites excluding steroid dienone is 1. The molecule has 2 aliphatic rings. The fourth-order valence-electron chi connectivity index (χ4n) is 4.68. The van der Waals surface area contributed by atoms with Crippen molar-refractivity contribution in [2.75, 3.05) is 11.4 Å². The first kappa shape index (κ1) is 28.0. The van der Waals surface area contributed by atoms with Gasteiger partial charge >= 0.3 is 18.9 Å². The summed E-state index contributed by atoms with van der Waals surface area (Å²) in [4.78, 5) is 14.9. The van der Waals surface area contributed by atoms with E-state index in [1.165, 1.54) is 35.1 Å². The van der Waals surface area contributed by atoms with E-state index >= 15 is 0 Å². The van der Waals surface area contributed by atoms with Gasteiger partial charge in [-0.25, -0.2) is 0 Å². The normalized spacial score (nSPS) is 18.9. The molecule has 0 radical (unpaired) electrons. The van der Waals surface area contributed by atoms with Crippen LogP contribution >= 0.6 is 0 Å². The van der Waals surface area contributed by atoms with Crippen LogP contribution in [0.1, 0.15) is 70.2 Å². The second-order valence-electron chi connectivity index (χ2n) is 10.4. The number of amides is 1. The molecule has 0 aliphatic carbocycles. The van der Waals surface area contributed by atoms with Crippen molar-refractivity contribution in [3.05, 3.63) is 52.9 Å². The number of anilines is 1. The monoisotopic (exact) mass is 486 g/mol. The summed E-state index contributed by atoms with van der Waals surface area (Å²) < 4.78 is 5.68. The number of carbonyl (C=O) groups is 1. The first-order valence-electron chi connectivity index (χ1n) is 12.3. The maximum atomic E-state index is 13.4. The summed E-state index contributed by atoms with van der Waals surface area (Å²) in [6.07, 6.45) is 7.81. The van der Waals surface area contributed by atoms with Crippen molar-refractivity contribution in [2.45, 2.75) is 71.5 Å². The minimum atomic E-state index is -0.355. The Labute approximate surface area is 225 Å². The van der Waals surface area contributed by atoms with Crippen LogP contribution in [0.2, 0.25) is 0 Å². The number of nitrogens with zero attached hydrogens (tertiary/aromatic N) is 2. The molecule has 2 atom stereocenters. The van der Waals surface area contributed by atoms with E-state index in [9.17, 15) is 20.1 Å². The van der Waals surface area contributed by atoms with Gasteiger partial charge in [-0.1, -0.05) is 48.5 Å². The number of aromatic hydroxyl groups is 3. The number of hydrogen-bond acceptors (Lipinski definition) is 5. The van der Waals surface area contributed by atoms with Crippen LogP contribution in [0.3, 0.4) is 0 Å². The first-order valence-corrected chi connectivity index (χ1v) is 12.3. The Morgan fingerprint density at radius 2 is 1.89 bits per heavy atom. The van der Waals surface area contributed by atoms with Crippen molar-refractivity contribution in [3.8, 4) is 17.2 Å². The first-order chi connectivity index (χ1) is 16.6. The predicted octanol–water partition coefficient (Wildman–Crippen LogP) is 3.81. The van der Waals surface area contributed by atoms with Crippen LogP contribution in [0, 0.1) is 5.92 Å². The topological polar surface area (TPSA) is 108 Å². The number of epoxide rings is 1. The number of para-hydroxylation sites is 1. The summed E-state index contributed by atoms with van der Waals surface area (Å²) in [6, 6.07) is 7.23. The molecule has 8 heteroatoms. The van der Waals surface area contributed by atoms with Crippen LogP contribution in [0.15, 0.2) is 42.0 Å². The molecule has 36 heavy (non-hydrogen) atoms. The Bertz CT molecular complexity index is 1150. The number of rotatable bonds is 9. The summed E-state index contributed by atoms with van der Waals surface area (Å²) in [7, 11) is 0. The van der Waals surface area contributed by atoms with Crippen LogP contribution in [0.25, 0.3) is 5.32 Å². The van der Waals surface area contributed by atoms with E-state index in [1.54, 1.807) is 12.1 Å². The van der Waals surface area contributed by atoms with Gasteiger partial charge in [0.2, 0.25) is 0 Å². The number of ether oxygens (including phenoxy) is 1. The second kappa shape index (κ2) is 11.2. The molecule has 1 saturated heterocycles. The molecule has 1 amide bonds. The van der Waals surface area contributed by atoms with Crippen molar-refractivity contribution < 1.29 is 43.7 Å². The summed E-state index contributed by atoms with van der Waals surface area (Å²) in [6.45, 7) is 8.88. The standard InChI is InChI=1S/C28H36N2O5.Li/c1-17(11-12-24-28(3,4)35-24)7-5-8-18(2)13-14-30-21-15-19(31)16-23(33)26(21)29-25-20(27(30)34)9-6-10-22(25)32;/h6,9-10,13,15-17,24H,5,7-8,11-12,14H2,1-4H3,(H4,29,31,32,33,34);/q;+1/p-1/b18-13+;. The quantitative estimate of drug-likeness (QED) is 0.284. The number of benzene rings is 2. The molecule has 2 unspecified atom stereocenters. The largest absolute Gasteiger partial charge is 1.00 e. The molecule has 1 fully saturated rings. The smallest absolute Gasteiger partial charge is 0.650 e. The SMILES string of the molecule is C/C(=C\CN1C(=O)c2cccc(O)c2[N-]c2c(O)cc(O)cc21)CCCC(C)CCC1OC1(C)C.[Li+]. The molecule has 2 aromatic rings. The van der Waals surface area contributed by atoms with Crippen molar-refractivity contribution in [2.24, 2.45) is 5.92 Å². The number of hydrogen-bond donors (Lipinski definition) is 3. The fraction of sp³-hybridized carbons (Fsp3) is 0.464. The molecule has 0 saturated carbocycles. The zero-order valence-electron chi connectivity index (χ0n) is 21.9. The average Bonchev–Trinajstić information content (AvgIpc) is 3.43. The van der Waals surface area contributed by atoms with Crippen molar-refractivity contribution in [3.63, 3.8) is 0 Å². The van der Waals surface area contributed by atoms with Gasteiger partial charge in [0.15, 0.2) is 0 Å². The maximum Gasteiger partial charge on any atom is 1.00 e. The molecule has 4 rings (SSSR count). The molecule has 0 bridgehead atoms. The van der Waals surface area contributed by atoms with E-state index in [0.29, 0.717) is 17.7 Å². The molecule has 0 aromatic heterocycles. The summed E-state index contributed by atoms with van der Waals surface area (Å²) in [5.41, 5.74) is 2.01. The number of carbonyl (C=O) groups excluding carboxylic acids is 1. The number of phenols is 3. The van der Waals surface area contributed by atoms with E-state index in [1.807, 2.05) is 6.08 Å². The van der Waals surface area contributed by atoms with E-state index in [0.717, 1.165) is 25.7 Å². The molecule has 3 N–H and O–H groups in total. The third kappa shape index (κ3) is 6.21. The van der Waals surface area contributed by atoms with Crippen LogP contribution in [0.5, 0.6) is 17.2 Å². The summed E-state index contributed by atoms with van der Waals surface area (Å²) in [5, 5.41) is 35.2. The molecular weight excluding hydrogens is 451 g/mol. The van der Waals surface area contributed by atoms with Gasteiger partial charge in [0, 0.05) is 29.9 Å². The zero-order valence-corrected chi connectivity index (χ0v) is 21.9. The Hall–Kier alpha value is -2.59. The zero-order chi connectivity index (χ0) is 25.3. The van der Waals surface area contributed by atoms with Crippen molar-refractivity contribution >= 4 is 23.0 Å². The average molecular weight is 487 g/mol. The molecule has 0 spiro atoms. The Morgan fingerprint density at radius 3 is 2.58 bits per heavy atom. The van der Waals surface area contributed by atoms with E-state index in [-0.39, 0.29) is 71.1 Å². The van der Waals surface area contributed by atoms with Gasteiger partial charge in [0.1, 0.15) is 17.2 Å². The second-order valence-corrected chi connectivity index (χ2v) is 10.4. The third-order valence-corrected chi connectivity index (χ3v) is 7.04. The van der Waals surface area contributed by atoms with E-state index in [2.05, 4.69) is 33.0 Å². The van der Waals surface area contributed by atoms with Crippen LogP contribution < -0.4 is 23.8 Å². The van der Waals surface area contributed by atoms with Crippen LogP contribution in [-0.2, 0) is 4.74 Å². The van der Waals surface area contributed by atoms with Crippen molar-refractivity contribution in [1.29, 1.82) is 0 Å². The number of fused-ring (bicyclic) bond motifs is 2. The van der Waals surface area contributed by atoms with E-state index in [4.69, 9.17) is 4.74 Å². The molecule has 2 aliphatic heterocycles. The van der Waals surface area contributed by atoms with E-state index < -0.39 is 0 Å². The summed E-state index contributed by atoms with van der Waals surface area (Å²) >= 11 is 0. The van der Waals surface area contributed by atoms with Gasteiger partial charge in [0.05, 0.1) is 11.7 Å². The molecule has 2 aromatic carbocycles. The van der Waals surface area contributed by atoms with Gasteiger partial charge in [-0.3, -0.25) is 4.79 Å². The minimum absolute atomic E-state index is 0. The fourth-order valence-corrected chi connectivity index (χ4v) is 4.68. The van der Waals surface area contributed by atoms with Gasteiger partial charge in [-0.15, -0.1) is 0 Å². The Balaban J connectivity index is 0.00000361. The van der Waals surface area contributed by atoms with Gasteiger partial charge in [0.25, 0.3) is 5.91 Å². The molecule has 7 nitrogen and oxygen atoms in total. The van der Waals surface area contributed by atoms with Crippen LogP contribution in [0.4, 0.5) is 17.1 Å². The third-order valence-electron chi connectivity index (χ3n) is 7.04. The number of phenolic OH excluding ortho intramolecular Hbond substituents is 3. The molecular formula is C28H35LiN2O5.